The number of amides is 1. The molecule has 0 unspecified atom stereocenters. The molecule has 2 N–H and O–H groups in total. The van der Waals surface area contributed by atoms with Crippen LogP contribution in [0, 0.1) is 11.7 Å². The fraction of sp³-hybridized carbons (Fsp3) is 0.500. The van der Waals surface area contributed by atoms with Crippen molar-refractivity contribution in [1.82, 2.24) is 5.32 Å². The molecule has 0 aromatic heterocycles. The zero-order valence-corrected chi connectivity index (χ0v) is 12.1. The second kappa shape index (κ2) is 6.87. The van der Waals surface area contributed by atoms with Gasteiger partial charge in [0.05, 0.1) is 5.69 Å². The Morgan fingerprint density at radius 1 is 1.47 bits per heavy atom. The first kappa shape index (κ1) is 15.9. The zero-order chi connectivity index (χ0) is 13.1. The third-order valence-corrected chi connectivity index (χ3v) is 3.08. The van der Waals surface area contributed by atoms with Crippen molar-refractivity contribution in [2.45, 2.75) is 33.2 Å². The van der Waals surface area contributed by atoms with E-state index in [1.807, 2.05) is 19.9 Å². The van der Waals surface area contributed by atoms with E-state index in [0.717, 1.165) is 17.7 Å². The van der Waals surface area contributed by atoms with Crippen molar-refractivity contribution in [3.63, 3.8) is 0 Å². The predicted molar refractivity (Wildman–Crippen MR) is 77.1 cm³/mol. The summed E-state index contributed by atoms with van der Waals surface area (Å²) in [5.41, 5.74) is 2.03. The van der Waals surface area contributed by atoms with Gasteiger partial charge in [-0.25, -0.2) is 4.39 Å². The molecule has 0 fully saturated rings. The summed E-state index contributed by atoms with van der Waals surface area (Å²) in [5, 5.41) is 5.86. The van der Waals surface area contributed by atoms with Gasteiger partial charge in [0.25, 0.3) is 0 Å². The minimum atomic E-state index is -0.272. The van der Waals surface area contributed by atoms with Crippen LogP contribution in [0.4, 0.5) is 10.1 Å². The third-order valence-electron chi connectivity index (χ3n) is 3.08. The van der Waals surface area contributed by atoms with Crippen molar-refractivity contribution in [1.29, 1.82) is 0 Å². The van der Waals surface area contributed by atoms with Gasteiger partial charge in [-0.2, -0.15) is 0 Å². The summed E-state index contributed by atoms with van der Waals surface area (Å²) in [6, 6.07) is 3.54. The van der Waals surface area contributed by atoms with Gasteiger partial charge in [-0.3, -0.25) is 4.79 Å². The topological polar surface area (TPSA) is 41.1 Å². The quantitative estimate of drug-likeness (QED) is 0.897. The van der Waals surface area contributed by atoms with Crippen LogP contribution in [-0.2, 0) is 17.8 Å². The highest BCUT2D eigenvalue weighted by Gasteiger charge is 2.17. The molecule has 106 valence electrons. The van der Waals surface area contributed by atoms with Crippen LogP contribution in [0.3, 0.4) is 0 Å². The number of hydrogen-bond acceptors (Lipinski definition) is 2. The van der Waals surface area contributed by atoms with E-state index in [-0.39, 0.29) is 30.0 Å². The molecule has 1 aliphatic heterocycles. The van der Waals surface area contributed by atoms with Crippen LogP contribution >= 0.6 is 12.4 Å². The first-order valence-corrected chi connectivity index (χ1v) is 6.38. The van der Waals surface area contributed by atoms with Gasteiger partial charge in [0.1, 0.15) is 5.82 Å². The molecule has 1 aromatic rings. The first-order chi connectivity index (χ1) is 8.58. The minimum absolute atomic E-state index is 0. The summed E-state index contributed by atoms with van der Waals surface area (Å²) < 4.78 is 14.2. The smallest absolute Gasteiger partial charge is 0.224 e. The normalized spacial score (nSPS) is 13.7. The molecule has 1 amide bonds. The average Bonchev–Trinajstić information content (AvgIpc) is 2.32. The fourth-order valence-corrected chi connectivity index (χ4v) is 2.20. The molecule has 19 heavy (non-hydrogen) atoms. The van der Waals surface area contributed by atoms with Crippen LogP contribution in [0.5, 0.6) is 0 Å². The maximum absolute atomic E-state index is 14.2. The Kier molecular flexibility index (Phi) is 5.76. The largest absolute Gasteiger partial charge is 0.324 e. The van der Waals surface area contributed by atoms with Crippen molar-refractivity contribution in [2.24, 2.45) is 5.92 Å². The number of nitrogens with one attached hydrogen (secondary N) is 2. The molecule has 3 nitrogen and oxygen atoms in total. The Morgan fingerprint density at radius 3 is 2.89 bits per heavy atom. The van der Waals surface area contributed by atoms with E-state index in [1.54, 1.807) is 6.07 Å². The zero-order valence-electron chi connectivity index (χ0n) is 11.3. The van der Waals surface area contributed by atoms with Crippen LogP contribution in [0.2, 0.25) is 0 Å². The van der Waals surface area contributed by atoms with Gasteiger partial charge < -0.3 is 10.6 Å². The van der Waals surface area contributed by atoms with Gasteiger partial charge in [-0.05, 0) is 36.1 Å². The first-order valence-electron chi connectivity index (χ1n) is 6.38. The average molecular weight is 287 g/mol. The highest BCUT2D eigenvalue weighted by atomic mass is 35.5. The molecule has 2 rings (SSSR count). The van der Waals surface area contributed by atoms with Crippen LogP contribution in [0.15, 0.2) is 12.1 Å². The number of carbonyl (C=O) groups excluding carboxylic acids is 1. The molecule has 0 radical (unpaired) electrons. The molecule has 1 heterocycles. The van der Waals surface area contributed by atoms with Crippen molar-refractivity contribution in [2.75, 3.05) is 11.9 Å². The number of fused-ring (bicyclic) bond motifs is 1. The highest BCUT2D eigenvalue weighted by molar-refractivity contribution is 5.91. The molecule has 5 heteroatoms. The Balaban J connectivity index is 0.00000180. The van der Waals surface area contributed by atoms with Gasteiger partial charge in [0.2, 0.25) is 5.91 Å². The summed E-state index contributed by atoms with van der Waals surface area (Å²) in [5.74, 6) is -0.126. The minimum Gasteiger partial charge on any atom is -0.324 e. The van der Waals surface area contributed by atoms with E-state index in [0.29, 0.717) is 25.1 Å². The van der Waals surface area contributed by atoms with E-state index >= 15 is 0 Å². The predicted octanol–water partition coefficient (Wildman–Crippen LogP) is 2.88. The second-order valence-electron chi connectivity index (χ2n) is 5.14. The molecule has 0 saturated heterocycles. The summed E-state index contributed by atoms with van der Waals surface area (Å²) in [6.45, 7) is 5.42. The van der Waals surface area contributed by atoms with E-state index in [9.17, 15) is 9.18 Å². The van der Waals surface area contributed by atoms with E-state index in [1.165, 1.54) is 0 Å². The lowest BCUT2D eigenvalue weighted by Gasteiger charge is -2.19. The maximum atomic E-state index is 14.2. The highest BCUT2D eigenvalue weighted by Crippen LogP contribution is 2.24. The van der Waals surface area contributed by atoms with Crippen molar-refractivity contribution in [3.8, 4) is 0 Å². The van der Waals surface area contributed by atoms with Gasteiger partial charge >= 0.3 is 0 Å². The molecular formula is C14H20ClFN2O. The Morgan fingerprint density at radius 2 is 2.21 bits per heavy atom. The number of halogens is 2. The van der Waals surface area contributed by atoms with Gasteiger partial charge in [0.15, 0.2) is 0 Å². The lowest BCUT2D eigenvalue weighted by atomic mass is 9.99. The van der Waals surface area contributed by atoms with Gasteiger partial charge in [0, 0.05) is 13.0 Å². The second-order valence-corrected chi connectivity index (χ2v) is 5.14. The van der Waals surface area contributed by atoms with E-state index in [4.69, 9.17) is 0 Å². The molecular weight excluding hydrogens is 267 g/mol. The van der Waals surface area contributed by atoms with Crippen molar-refractivity contribution >= 4 is 24.0 Å². The summed E-state index contributed by atoms with van der Waals surface area (Å²) in [7, 11) is 0. The molecule has 0 spiro atoms. The molecule has 1 aliphatic rings. The number of hydrogen-bond donors (Lipinski definition) is 2. The van der Waals surface area contributed by atoms with Crippen LogP contribution in [-0.4, -0.2) is 12.5 Å². The van der Waals surface area contributed by atoms with E-state index in [2.05, 4.69) is 10.6 Å². The SMILES string of the molecule is CC(C)CC(=O)Nc1ccc2c(c1F)CCNC2.Cl. The monoisotopic (exact) mass is 286 g/mol. The molecule has 0 atom stereocenters. The Bertz CT molecular complexity index is 463. The number of anilines is 1. The van der Waals surface area contributed by atoms with Gasteiger partial charge in [-0.1, -0.05) is 19.9 Å². The summed E-state index contributed by atoms with van der Waals surface area (Å²) >= 11 is 0. The molecule has 0 bridgehead atoms. The van der Waals surface area contributed by atoms with Crippen LogP contribution < -0.4 is 10.6 Å². The molecule has 0 aliphatic carbocycles. The van der Waals surface area contributed by atoms with Crippen LogP contribution in [0.1, 0.15) is 31.4 Å². The maximum Gasteiger partial charge on any atom is 0.224 e. The van der Waals surface area contributed by atoms with Crippen molar-refractivity contribution in [3.05, 3.63) is 29.1 Å². The van der Waals surface area contributed by atoms with Gasteiger partial charge in [-0.15, -0.1) is 12.4 Å². The number of carbonyl (C=O) groups is 1. The van der Waals surface area contributed by atoms with E-state index < -0.39 is 0 Å². The summed E-state index contributed by atoms with van der Waals surface area (Å²) in [4.78, 5) is 11.7. The Labute approximate surface area is 119 Å². The van der Waals surface area contributed by atoms with Crippen LogP contribution in [0.25, 0.3) is 0 Å². The number of rotatable bonds is 3. The Hall–Kier alpha value is -1.13. The van der Waals surface area contributed by atoms with Crippen molar-refractivity contribution < 1.29 is 9.18 Å². The lowest BCUT2D eigenvalue weighted by molar-refractivity contribution is -0.116. The molecule has 0 saturated carbocycles. The number of benzene rings is 1. The summed E-state index contributed by atoms with van der Waals surface area (Å²) in [6.07, 6.45) is 1.09. The molecule has 1 aromatic carbocycles. The third kappa shape index (κ3) is 3.91. The lowest BCUT2D eigenvalue weighted by Crippen LogP contribution is -2.25. The standard InChI is InChI=1S/C14H19FN2O.ClH/c1-9(2)7-13(18)17-12-4-3-10-8-16-6-5-11(10)14(12)15;/h3-4,9,16H,5-8H2,1-2H3,(H,17,18);1H. The fourth-order valence-electron chi connectivity index (χ4n) is 2.20.